The largest absolute Gasteiger partial charge is 0.382 e. The first kappa shape index (κ1) is 11.7. The van der Waals surface area contributed by atoms with Crippen LogP contribution in [0.5, 0.6) is 0 Å². The summed E-state index contributed by atoms with van der Waals surface area (Å²) in [5, 5.41) is 10.3. The Morgan fingerprint density at radius 1 is 1.07 bits per heavy atom. The quantitative estimate of drug-likeness (QED) is 0.658. The van der Waals surface area contributed by atoms with Crippen molar-refractivity contribution in [2.75, 3.05) is 0 Å². The molecule has 0 aromatic rings. The average Bonchev–Trinajstić information content (AvgIpc) is 2.28. The molecule has 0 amide bonds. The maximum absolute atomic E-state index is 12.0. The topological polar surface area (TPSA) is 37.3 Å². The lowest BCUT2D eigenvalue weighted by Crippen LogP contribution is -2.45. The Balaban J connectivity index is 2.76. The first-order valence-corrected chi connectivity index (χ1v) is 5.63. The fraction of sp³-hybridized carbons (Fsp3) is 0.917. The lowest BCUT2D eigenvalue weighted by Gasteiger charge is -2.31. The zero-order valence-electron chi connectivity index (χ0n) is 9.60. The second-order valence-corrected chi connectivity index (χ2v) is 5.52. The van der Waals surface area contributed by atoms with Gasteiger partial charge in [0.1, 0.15) is 5.60 Å². The summed E-state index contributed by atoms with van der Waals surface area (Å²) >= 11 is 0. The molecule has 82 valence electrons. The Labute approximate surface area is 86.7 Å². The summed E-state index contributed by atoms with van der Waals surface area (Å²) in [4.78, 5) is 12.0. The summed E-state index contributed by atoms with van der Waals surface area (Å²) in [6, 6.07) is 0. The van der Waals surface area contributed by atoms with Gasteiger partial charge in [0.15, 0.2) is 5.78 Å². The summed E-state index contributed by atoms with van der Waals surface area (Å²) in [5.74, 6) is 0.0203. The predicted octanol–water partition coefficient (Wildman–Crippen LogP) is 2.69. The van der Waals surface area contributed by atoms with Gasteiger partial charge in [-0.05, 0) is 12.8 Å². The van der Waals surface area contributed by atoms with Crippen molar-refractivity contribution in [3.05, 3.63) is 0 Å². The highest BCUT2D eigenvalue weighted by Gasteiger charge is 2.41. The summed E-state index contributed by atoms with van der Waals surface area (Å²) in [7, 11) is 0. The molecular weight excluding hydrogens is 176 g/mol. The molecule has 0 atom stereocenters. The first-order valence-electron chi connectivity index (χ1n) is 5.63. The monoisotopic (exact) mass is 198 g/mol. The molecule has 0 heterocycles. The highest BCUT2D eigenvalue weighted by atomic mass is 16.3. The molecule has 0 spiro atoms. The molecule has 0 unspecified atom stereocenters. The van der Waals surface area contributed by atoms with Gasteiger partial charge in [-0.25, -0.2) is 0 Å². The molecular formula is C12H22O2. The smallest absolute Gasteiger partial charge is 0.169 e. The SMILES string of the molecule is CC(C)(C)C(=O)C1(O)CCCCCC1. The van der Waals surface area contributed by atoms with E-state index in [0.717, 1.165) is 25.7 Å². The third-order valence-electron chi connectivity index (χ3n) is 3.03. The Morgan fingerprint density at radius 3 is 1.86 bits per heavy atom. The minimum Gasteiger partial charge on any atom is -0.382 e. The van der Waals surface area contributed by atoms with Crippen LogP contribution in [0, 0.1) is 5.41 Å². The van der Waals surface area contributed by atoms with Crippen molar-refractivity contribution < 1.29 is 9.90 Å². The Hall–Kier alpha value is -0.370. The van der Waals surface area contributed by atoms with E-state index in [2.05, 4.69) is 0 Å². The third kappa shape index (κ3) is 2.57. The van der Waals surface area contributed by atoms with Crippen LogP contribution < -0.4 is 0 Å². The van der Waals surface area contributed by atoms with Crippen LogP contribution in [0.25, 0.3) is 0 Å². The molecule has 14 heavy (non-hydrogen) atoms. The number of aliphatic hydroxyl groups is 1. The Kier molecular flexibility index (Phi) is 3.36. The van der Waals surface area contributed by atoms with E-state index in [-0.39, 0.29) is 5.78 Å². The van der Waals surface area contributed by atoms with Gasteiger partial charge in [-0.3, -0.25) is 4.79 Å². The molecule has 2 nitrogen and oxygen atoms in total. The van der Waals surface area contributed by atoms with E-state index in [4.69, 9.17) is 0 Å². The van der Waals surface area contributed by atoms with Crippen LogP contribution in [0.15, 0.2) is 0 Å². The Morgan fingerprint density at radius 2 is 1.50 bits per heavy atom. The zero-order chi connectivity index (χ0) is 10.8. The highest BCUT2D eigenvalue weighted by molar-refractivity contribution is 5.91. The van der Waals surface area contributed by atoms with E-state index < -0.39 is 11.0 Å². The van der Waals surface area contributed by atoms with Gasteiger partial charge in [0.2, 0.25) is 0 Å². The van der Waals surface area contributed by atoms with Crippen molar-refractivity contribution >= 4 is 5.78 Å². The van der Waals surface area contributed by atoms with Crippen LogP contribution >= 0.6 is 0 Å². The predicted molar refractivity (Wildman–Crippen MR) is 57.1 cm³/mol. The summed E-state index contributed by atoms with van der Waals surface area (Å²) in [5.41, 5.74) is -1.45. The molecule has 1 saturated carbocycles. The molecule has 1 rings (SSSR count). The maximum atomic E-state index is 12.0. The zero-order valence-corrected chi connectivity index (χ0v) is 9.60. The van der Waals surface area contributed by atoms with Gasteiger partial charge in [0, 0.05) is 5.41 Å². The van der Waals surface area contributed by atoms with Gasteiger partial charge in [-0.2, -0.15) is 0 Å². The Bertz CT molecular complexity index is 205. The van der Waals surface area contributed by atoms with Crippen molar-refractivity contribution in [3.8, 4) is 0 Å². The van der Waals surface area contributed by atoms with Crippen molar-refractivity contribution in [1.82, 2.24) is 0 Å². The van der Waals surface area contributed by atoms with Gasteiger partial charge >= 0.3 is 0 Å². The number of hydrogen-bond donors (Lipinski definition) is 1. The number of carbonyl (C=O) groups excluding carboxylic acids is 1. The number of rotatable bonds is 1. The number of Topliss-reactive ketones (excluding diaryl/α,β-unsaturated/α-hetero) is 1. The molecule has 0 aromatic carbocycles. The van der Waals surface area contributed by atoms with Gasteiger partial charge in [0.25, 0.3) is 0 Å². The van der Waals surface area contributed by atoms with Crippen LogP contribution in [-0.2, 0) is 4.79 Å². The molecule has 0 radical (unpaired) electrons. The standard InChI is InChI=1S/C12H22O2/c1-11(2,3)10(13)12(14)8-6-4-5-7-9-12/h14H,4-9H2,1-3H3. The van der Waals surface area contributed by atoms with Crippen molar-refractivity contribution in [2.24, 2.45) is 5.41 Å². The van der Waals surface area contributed by atoms with Crippen molar-refractivity contribution in [1.29, 1.82) is 0 Å². The number of carbonyl (C=O) groups is 1. The normalized spacial score (nSPS) is 22.9. The molecule has 1 aliphatic rings. The average molecular weight is 198 g/mol. The van der Waals surface area contributed by atoms with Crippen molar-refractivity contribution in [2.45, 2.75) is 64.9 Å². The van der Waals surface area contributed by atoms with Crippen LogP contribution in [0.3, 0.4) is 0 Å². The van der Waals surface area contributed by atoms with E-state index in [9.17, 15) is 9.90 Å². The van der Waals surface area contributed by atoms with Gasteiger partial charge < -0.3 is 5.11 Å². The van der Waals surface area contributed by atoms with Crippen LogP contribution in [0.4, 0.5) is 0 Å². The van der Waals surface area contributed by atoms with Crippen LogP contribution in [0.1, 0.15) is 59.3 Å². The highest BCUT2D eigenvalue weighted by Crippen LogP contribution is 2.33. The minimum absolute atomic E-state index is 0.0203. The molecule has 1 fully saturated rings. The van der Waals surface area contributed by atoms with Crippen molar-refractivity contribution in [3.63, 3.8) is 0 Å². The molecule has 0 aliphatic heterocycles. The summed E-state index contributed by atoms with van der Waals surface area (Å²) < 4.78 is 0. The van der Waals surface area contributed by atoms with E-state index in [1.54, 1.807) is 0 Å². The third-order valence-corrected chi connectivity index (χ3v) is 3.03. The maximum Gasteiger partial charge on any atom is 0.169 e. The van der Waals surface area contributed by atoms with E-state index >= 15 is 0 Å². The van der Waals surface area contributed by atoms with Crippen LogP contribution in [0.2, 0.25) is 0 Å². The summed E-state index contributed by atoms with van der Waals surface area (Å²) in [6.07, 6.45) is 5.59. The lowest BCUT2D eigenvalue weighted by molar-refractivity contribution is -0.147. The van der Waals surface area contributed by atoms with Gasteiger partial charge in [0.05, 0.1) is 0 Å². The molecule has 0 aromatic heterocycles. The second kappa shape index (κ2) is 4.01. The summed E-state index contributed by atoms with van der Waals surface area (Å²) in [6.45, 7) is 5.66. The lowest BCUT2D eigenvalue weighted by atomic mass is 9.76. The molecule has 0 bridgehead atoms. The molecule has 1 N–H and O–H groups in total. The number of ketones is 1. The fourth-order valence-corrected chi connectivity index (χ4v) is 2.24. The first-order chi connectivity index (χ1) is 6.36. The number of hydrogen-bond acceptors (Lipinski definition) is 2. The molecule has 0 saturated heterocycles. The second-order valence-electron chi connectivity index (χ2n) is 5.52. The van der Waals surface area contributed by atoms with E-state index in [1.807, 2.05) is 20.8 Å². The fourth-order valence-electron chi connectivity index (χ4n) is 2.24. The van der Waals surface area contributed by atoms with Crippen LogP contribution in [-0.4, -0.2) is 16.5 Å². The molecule has 1 aliphatic carbocycles. The van der Waals surface area contributed by atoms with Gasteiger partial charge in [-0.15, -0.1) is 0 Å². The van der Waals surface area contributed by atoms with E-state index in [1.165, 1.54) is 0 Å². The minimum atomic E-state index is -1.03. The van der Waals surface area contributed by atoms with Gasteiger partial charge in [-0.1, -0.05) is 46.5 Å². The molecule has 2 heteroatoms. The van der Waals surface area contributed by atoms with E-state index in [0.29, 0.717) is 12.8 Å².